The largest absolute Gasteiger partial charge is 0.459 e. The monoisotopic (exact) mass is 495 g/mol. The van der Waals surface area contributed by atoms with Gasteiger partial charge >= 0.3 is 0 Å². The Morgan fingerprint density at radius 3 is 2.54 bits per heavy atom. The number of piperazine rings is 1. The van der Waals surface area contributed by atoms with Gasteiger partial charge in [-0.05, 0) is 30.7 Å². The van der Waals surface area contributed by atoms with Gasteiger partial charge in [-0.1, -0.05) is 18.2 Å². The Balaban J connectivity index is 1.26. The number of hydrogen-bond acceptors (Lipinski definition) is 9. The van der Waals surface area contributed by atoms with Crippen LogP contribution < -0.4 is 9.80 Å². The number of rotatable bonds is 6. The van der Waals surface area contributed by atoms with E-state index in [2.05, 4.69) is 11.1 Å². The summed E-state index contributed by atoms with van der Waals surface area (Å²) in [4.78, 5) is 23.3. The summed E-state index contributed by atoms with van der Waals surface area (Å²) in [6, 6.07) is 14.4. The molecule has 2 aromatic heterocycles. The summed E-state index contributed by atoms with van der Waals surface area (Å²) in [5, 5.41) is 9.51. The lowest BCUT2D eigenvalue weighted by Gasteiger charge is -2.36. The molecule has 0 N–H and O–H groups in total. The van der Waals surface area contributed by atoms with E-state index in [9.17, 15) is 18.5 Å². The van der Waals surface area contributed by atoms with Crippen molar-refractivity contribution in [3.05, 3.63) is 54.4 Å². The molecule has 0 saturated carbocycles. The number of para-hydroxylation sites is 1. The molecule has 2 saturated heterocycles. The summed E-state index contributed by atoms with van der Waals surface area (Å²) < 4.78 is 35.3. The van der Waals surface area contributed by atoms with Gasteiger partial charge in [-0.25, -0.2) is 8.42 Å². The number of aromatic nitrogens is 1. The van der Waals surface area contributed by atoms with Crippen LogP contribution in [0.5, 0.6) is 0 Å². The molecule has 2 aliphatic rings. The zero-order chi connectivity index (χ0) is 24.4. The van der Waals surface area contributed by atoms with Gasteiger partial charge in [0.25, 0.3) is 5.89 Å². The fourth-order valence-corrected chi connectivity index (χ4v) is 6.31. The van der Waals surface area contributed by atoms with Crippen LogP contribution in [-0.4, -0.2) is 74.5 Å². The van der Waals surface area contributed by atoms with E-state index in [1.807, 2.05) is 40.1 Å². The van der Waals surface area contributed by atoms with Gasteiger partial charge in [0, 0.05) is 31.9 Å². The third-order valence-electron chi connectivity index (χ3n) is 6.34. The zero-order valence-electron chi connectivity index (χ0n) is 19.0. The van der Waals surface area contributed by atoms with Gasteiger partial charge in [0.2, 0.25) is 17.5 Å². The van der Waals surface area contributed by atoms with Crippen molar-refractivity contribution in [2.24, 2.45) is 0 Å². The van der Waals surface area contributed by atoms with E-state index in [1.54, 1.807) is 17.0 Å². The van der Waals surface area contributed by atoms with Crippen LogP contribution in [0, 0.1) is 11.3 Å². The molecule has 0 unspecified atom stereocenters. The number of sulfone groups is 1. The Labute approximate surface area is 203 Å². The van der Waals surface area contributed by atoms with Crippen molar-refractivity contribution < 1.29 is 22.0 Å². The van der Waals surface area contributed by atoms with Gasteiger partial charge in [-0.15, -0.1) is 0 Å². The number of hydrogen-bond donors (Lipinski definition) is 0. The van der Waals surface area contributed by atoms with Crippen LogP contribution in [0.2, 0.25) is 0 Å². The standard InChI is InChI=1S/C24H25N5O5S/c25-15-20-24(34-23(26-20)21-7-4-13-33-21)28-11-9-27(10-12-28)16-22(30)29(18-5-2-1-3-6-18)19-8-14-35(31,32)17-19/h1-7,13,19H,8-12,14,16-17H2/t19-/m1/s1. The zero-order valence-corrected chi connectivity index (χ0v) is 19.9. The van der Waals surface area contributed by atoms with Crippen LogP contribution in [0.15, 0.2) is 57.6 Å². The minimum absolute atomic E-state index is 0.0121. The molecule has 2 aliphatic heterocycles. The highest BCUT2D eigenvalue weighted by molar-refractivity contribution is 7.91. The normalized spacial score (nSPS) is 20.0. The first kappa shape index (κ1) is 23.1. The molecule has 0 aliphatic carbocycles. The molecule has 10 nitrogen and oxygen atoms in total. The number of furan rings is 1. The van der Waals surface area contributed by atoms with Crippen LogP contribution >= 0.6 is 0 Å². The quantitative estimate of drug-likeness (QED) is 0.506. The van der Waals surface area contributed by atoms with E-state index in [1.165, 1.54) is 6.26 Å². The van der Waals surface area contributed by atoms with Gasteiger partial charge in [0.15, 0.2) is 15.6 Å². The highest BCUT2D eigenvalue weighted by Gasteiger charge is 2.36. The summed E-state index contributed by atoms with van der Waals surface area (Å²) in [6.07, 6.45) is 1.96. The van der Waals surface area contributed by atoms with E-state index in [0.29, 0.717) is 49.9 Å². The minimum atomic E-state index is -3.14. The fraction of sp³-hybridized carbons (Fsp3) is 0.375. The predicted molar refractivity (Wildman–Crippen MR) is 129 cm³/mol. The number of carbonyl (C=O) groups excluding carboxylic acids is 1. The average Bonchev–Trinajstić information content (AvgIpc) is 3.60. The highest BCUT2D eigenvalue weighted by Crippen LogP contribution is 2.29. The third-order valence-corrected chi connectivity index (χ3v) is 8.09. The number of oxazole rings is 1. The number of anilines is 2. The highest BCUT2D eigenvalue weighted by atomic mass is 32.2. The van der Waals surface area contributed by atoms with Crippen molar-refractivity contribution in [2.45, 2.75) is 12.5 Å². The molecule has 4 heterocycles. The Kier molecular flexibility index (Phi) is 6.32. The second-order valence-corrected chi connectivity index (χ2v) is 10.9. The molecule has 2 fully saturated rings. The van der Waals surface area contributed by atoms with Crippen molar-refractivity contribution in [1.29, 1.82) is 5.26 Å². The topological polar surface area (TPSA) is 124 Å². The molecule has 3 aromatic rings. The van der Waals surface area contributed by atoms with Gasteiger partial charge in [-0.3, -0.25) is 9.69 Å². The first-order chi connectivity index (χ1) is 16.9. The molecule has 11 heteroatoms. The van der Waals surface area contributed by atoms with Crippen molar-refractivity contribution in [1.82, 2.24) is 9.88 Å². The maximum absolute atomic E-state index is 13.4. The maximum Gasteiger partial charge on any atom is 0.266 e. The lowest BCUT2D eigenvalue weighted by molar-refractivity contribution is -0.120. The molecule has 0 radical (unpaired) electrons. The molecule has 0 bridgehead atoms. The number of carbonyl (C=O) groups is 1. The van der Waals surface area contributed by atoms with Crippen LogP contribution in [-0.2, 0) is 14.6 Å². The molecule has 182 valence electrons. The van der Waals surface area contributed by atoms with Crippen molar-refractivity contribution >= 4 is 27.3 Å². The number of nitriles is 1. The van der Waals surface area contributed by atoms with E-state index in [-0.39, 0.29) is 41.6 Å². The minimum Gasteiger partial charge on any atom is -0.459 e. The van der Waals surface area contributed by atoms with Gasteiger partial charge < -0.3 is 18.6 Å². The van der Waals surface area contributed by atoms with E-state index in [4.69, 9.17) is 8.83 Å². The Hall–Kier alpha value is -3.62. The maximum atomic E-state index is 13.4. The van der Waals surface area contributed by atoms with Gasteiger partial charge in [0.05, 0.1) is 30.4 Å². The van der Waals surface area contributed by atoms with Crippen LogP contribution in [0.1, 0.15) is 12.1 Å². The molecule has 1 atom stereocenters. The number of benzene rings is 1. The molecular formula is C24H25N5O5S. The number of nitrogens with zero attached hydrogens (tertiary/aromatic N) is 5. The second kappa shape index (κ2) is 9.56. The Morgan fingerprint density at radius 2 is 1.91 bits per heavy atom. The Morgan fingerprint density at radius 1 is 1.14 bits per heavy atom. The smallest absolute Gasteiger partial charge is 0.266 e. The summed E-state index contributed by atoms with van der Waals surface area (Å²) in [7, 11) is -3.14. The lowest BCUT2D eigenvalue weighted by atomic mass is 10.1. The summed E-state index contributed by atoms with van der Waals surface area (Å²) in [5.41, 5.74) is 0.905. The molecule has 1 amide bonds. The van der Waals surface area contributed by atoms with Crippen LogP contribution in [0.3, 0.4) is 0 Å². The molecule has 35 heavy (non-hydrogen) atoms. The fourth-order valence-electron chi connectivity index (χ4n) is 4.61. The summed E-state index contributed by atoms with van der Waals surface area (Å²) >= 11 is 0. The third kappa shape index (κ3) is 4.94. The summed E-state index contributed by atoms with van der Waals surface area (Å²) in [6.45, 7) is 2.45. The lowest BCUT2D eigenvalue weighted by Crippen LogP contribution is -2.52. The first-order valence-electron chi connectivity index (χ1n) is 11.4. The van der Waals surface area contributed by atoms with E-state index < -0.39 is 9.84 Å². The molecule has 5 rings (SSSR count). The average molecular weight is 496 g/mol. The number of amides is 1. The van der Waals surface area contributed by atoms with Crippen molar-refractivity contribution in [3.8, 4) is 17.7 Å². The predicted octanol–water partition coefficient (Wildman–Crippen LogP) is 2.15. The van der Waals surface area contributed by atoms with E-state index in [0.717, 1.165) is 0 Å². The van der Waals surface area contributed by atoms with Gasteiger partial charge in [-0.2, -0.15) is 10.2 Å². The molecule has 1 aromatic carbocycles. The van der Waals surface area contributed by atoms with Crippen LogP contribution in [0.4, 0.5) is 11.6 Å². The van der Waals surface area contributed by atoms with E-state index >= 15 is 0 Å². The first-order valence-corrected chi connectivity index (χ1v) is 13.3. The SMILES string of the molecule is N#Cc1nc(-c2ccco2)oc1N1CCN(CC(=O)N(c2ccccc2)[C@@H]2CCS(=O)(=O)C2)CC1. The molecule has 0 spiro atoms. The van der Waals surface area contributed by atoms with Crippen molar-refractivity contribution in [3.63, 3.8) is 0 Å². The second-order valence-electron chi connectivity index (χ2n) is 8.68. The van der Waals surface area contributed by atoms with Crippen molar-refractivity contribution in [2.75, 3.05) is 54.0 Å². The van der Waals surface area contributed by atoms with Crippen LogP contribution in [0.25, 0.3) is 11.7 Å². The molecular weight excluding hydrogens is 470 g/mol. The Bertz CT molecular complexity index is 1320. The summed E-state index contributed by atoms with van der Waals surface area (Å²) in [5.74, 6) is 1.07. The van der Waals surface area contributed by atoms with Gasteiger partial charge in [0.1, 0.15) is 6.07 Å².